The van der Waals surface area contributed by atoms with Crippen molar-refractivity contribution in [3.05, 3.63) is 69.9 Å². The SMILES string of the molecule is O=C(Cc1csc(NC(=O)Nc2cccc(Cl)c2)n1)Nc1ccc(F)c(C(F)(F)F)c1. The third-order valence-electron chi connectivity index (χ3n) is 3.75. The molecule has 3 amide bonds. The maximum atomic E-state index is 13.3. The number of carbonyl (C=O) groups is 2. The van der Waals surface area contributed by atoms with Gasteiger partial charge >= 0.3 is 12.2 Å². The van der Waals surface area contributed by atoms with E-state index in [1.54, 1.807) is 24.3 Å². The van der Waals surface area contributed by atoms with E-state index in [4.69, 9.17) is 11.6 Å². The zero-order valence-corrected chi connectivity index (χ0v) is 17.0. The van der Waals surface area contributed by atoms with E-state index in [1.165, 1.54) is 5.38 Å². The number of nitrogens with one attached hydrogen (secondary N) is 3. The van der Waals surface area contributed by atoms with Crippen molar-refractivity contribution in [1.29, 1.82) is 0 Å². The minimum atomic E-state index is -4.88. The first kappa shape index (κ1) is 22.5. The topological polar surface area (TPSA) is 83.1 Å². The van der Waals surface area contributed by atoms with Crippen LogP contribution < -0.4 is 16.0 Å². The summed E-state index contributed by atoms with van der Waals surface area (Å²) in [6, 6.07) is 8.11. The number of carbonyl (C=O) groups excluding carboxylic acids is 2. The summed E-state index contributed by atoms with van der Waals surface area (Å²) in [7, 11) is 0. The summed E-state index contributed by atoms with van der Waals surface area (Å²) in [5.41, 5.74) is -0.915. The summed E-state index contributed by atoms with van der Waals surface area (Å²) in [4.78, 5) is 28.2. The lowest BCUT2D eigenvalue weighted by molar-refractivity contribution is -0.140. The fourth-order valence-electron chi connectivity index (χ4n) is 2.46. The van der Waals surface area contributed by atoms with Gasteiger partial charge in [0.25, 0.3) is 0 Å². The average Bonchev–Trinajstić information content (AvgIpc) is 3.08. The number of thiazole rings is 1. The van der Waals surface area contributed by atoms with Crippen molar-refractivity contribution in [2.75, 3.05) is 16.0 Å². The molecule has 3 aromatic rings. The molecule has 31 heavy (non-hydrogen) atoms. The lowest BCUT2D eigenvalue weighted by atomic mass is 10.1. The number of nitrogens with zero attached hydrogens (tertiary/aromatic N) is 1. The second-order valence-electron chi connectivity index (χ2n) is 6.15. The Hall–Kier alpha value is -3.18. The van der Waals surface area contributed by atoms with Crippen molar-refractivity contribution in [3.63, 3.8) is 0 Å². The molecular weight excluding hydrogens is 460 g/mol. The number of alkyl halides is 3. The van der Waals surface area contributed by atoms with Crippen LogP contribution in [-0.4, -0.2) is 16.9 Å². The monoisotopic (exact) mass is 472 g/mol. The molecule has 0 fully saturated rings. The van der Waals surface area contributed by atoms with Crippen molar-refractivity contribution < 1.29 is 27.2 Å². The number of hydrogen-bond acceptors (Lipinski definition) is 4. The second kappa shape index (κ2) is 9.31. The highest BCUT2D eigenvalue weighted by Gasteiger charge is 2.34. The number of aromatic nitrogens is 1. The Morgan fingerprint density at radius 1 is 1.03 bits per heavy atom. The van der Waals surface area contributed by atoms with Gasteiger partial charge in [0.15, 0.2) is 5.13 Å². The Balaban J connectivity index is 1.57. The Morgan fingerprint density at radius 3 is 2.48 bits per heavy atom. The molecule has 2 aromatic carbocycles. The van der Waals surface area contributed by atoms with E-state index in [9.17, 15) is 27.2 Å². The van der Waals surface area contributed by atoms with Crippen molar-refractivity contribution in [2.24, 2.45) is 0 Å². The predicted molar refractivity (Wildman–Crippen MR) is 110 cm³/mol. The van der Waals surface area contributed by atoms with Crippen LogP contribution in [0.1, 0.15) is 11.3 Å². The molecule has 0 aliphatic rings. The van der Waals surface area contributed by atoms with E-state index in [0.717, 1.165) is 17.4 Å². The molecular formula is C19H13ClF4N4O2S. The van der Waals surface area contributed by atoms with Crippen LogP contribution in [0, 0.1) is 5.82 Å². The Kier molecular flexibility index (Phi) is 6.76. The molecule has 12 heteroatoms. The van der Waals surface area contributed by atoms with E-state index in [1.807, 2.05) is 0 Å². The van der Waals surface area contributed by atoms with Crippen molar-refractivity contribution in [3.8, 4) is 0 Å². The van der Waals surface area contributed by atoms with Crippen LogP contribution in [0.5, 0.6) is 0 Å². The fraction of sp³-hybridized carbons (Fsp3) is 0.105. The van der Waals surface area contributed by atoms with Crippen molar-refractivity contribution >= 4 is 51.4 Å². The number of benzene rings is 2. The number of urea groups is 1. The van der Waals surface area contributed by atoms with Gasteiger partial charge < -0.3 is 10.6 Å². The smallest absolute Gasteiger partial charge is 0.326 e. The van der Waals surface area contributed by atoms with E-state index in [2.05, 4.69) is 20.9 Å². The van der Waals surface area contributed by atoms with Crippen LogP contribution in [0.2, 0.25) is 5.02 Å². The summed E-state index contributed by atoms with van der Waals surface area (Å²) < 4.78 is 51.6. The van der Waals surface area contributed by atoms with Gasteiger partial charge in [-0.3, -0.25) is 10.1 Å². The zero-order chi connectivity index (χ0) is 22.6. The lowest BCUT2D eigenvalue weighted by Gasteiger charge is -2.10. The third-order valence-corrected chi connectivity index (χ3v) is 4.79. The number of rotatable bonds is 5. The summed E-state index contributed by atoms with van der Waals surface area (Å²) in [6.45, 7) is 0. The van der Waals surface area contributed by atoms with E-state index in [-0.39, 0.29) is 17.2 Å². The molecule has 0 spiro atoms. The van der Waals surface area contributed by atoms with Crippen molar-refractivity contribution in [2.45, 2.75) is 12.6 Å². The molecule has 0 bridgehead atoms. The van der Waals surface area contributed by atoms with Gasteiger partial charge in [-0.05, 0) is 36.4 Å². The largest absolute Gasteiger partial charge is 0.419 e. The van der Waals surface area contributed by atoms with Gasteiger partial charge in [0.2, 0.25) is 5.91 Å². The van der Waals surface area contributed by atoms with Gasteiger partial charge in [0.05, 0.1) is 17.7 Å². The molecule has 0 saturated heterocycles. The molecule has 1 aromatic heterocycles. The molecule has 3 N–H and O–H groups in total. The quantitative estimate of drug-likeness (QED) is 0.412. The van der Waals surface area contributed by atoms with Gasteiger partial charge in [-0.1, -0.05) is 17.7 Å². The summed E-state index contributed by atoms with van der Waals surface area (Å²) >= 11 is 6.90. The molecule has 162 valence electrons. The highest BCUT2D eigenvalue weighted by atomic mass is 35.5. The molecule has 1 heterocycles. The highest BCUT2D eigenvalue weighted by molar-refractivity contribution is 7.14. The van der Waals surface area contributed by atoms with Crippen molar-refractivity contribution in [1.82, 2.24) is 4.98 Å². The van der Waals surface area contributed by atoms with Crippen LogP contribution in [0.15, 0.2) is 47.8 Å². The Labute approximate surface area is 182 Å². The van der Waals surface area contributed by atoms with E-state index < -0.39 is 29.5 Å². The maximum Gasteiger partial charge on any atom is 0.419 e. The molecule has 6 nitrogen and oxygen atoms in total. The van der Waals surface area contributed by atoms with Crippen LogP contribution in [0.3, 0.4) is 0 Å². The normalized spacial score (nSPS) is 11.1. The van der Waals surface area contributed by atoms with Gasteiger partial charge in [0, 0.05) is 21.8 Å². The minimum Gasteiger partial charge on any atom is -0.326 e. The van der Waals surface area contributed by atoms with Gasteiger partial charge in [-0.25, -0.2) is 14.2 Å². The van der Waals surface area contributed by atoms with Gasteiger partial charge in [0.1, 0.15) is 5.82 Å². The molecule has 3 rings (SSSR count). The minimum absolute atomic E-state index is 0.201. The first-order valence-electron chi connectivity index (χ1n) is 8.55. The highest BCUT2D eigenvalue weighted by Crippen LogP contribution is 2.33. The predicted octanol–water partition coefficient (Wildman–Crippen LogP) is 5.78. The van der Waals surface area contributed by atoms with Gasteiger partial charge in [-0.2, -0.15) is 13.2 Å². The molecule has 0 unspecified atom stereocenters. The fourth-order valence-corrected chi connectivity index (χ4v) is 3.36. The molecule has 0 atom stereocenters. The summed E-state index contributed by atoms with van der Waals surface area (Å²) in [5, 5.41) is 9.50. The second-order valence-corrected chi connectivity index (χ2v) is 7.45. The Bertz CT molecular complexity index is 1120. The summed E-state index contributed by atoms with van der Waals surface area (Å²) in [6.07, 6.45) is -5.14. The Morgan fingerprint density at radius 2 is 1.77 bits per heavy atom. The zero-order valence-electron chi connectivity index (χ0n) is 15.4. The van der Waals surface area contributed by atoms with E-state index in [0.29, 0.717) is 28.5 Å². The summed E-state index contributed by atoms with van der Waals surface area (Å²) in [5.74, 6) is -2.09. The molecule has 0 aliphatic carbocycles. The maximum absolute atomic E-state index is 13.3. The van der Waals surface area contributed by atoms with Crippen LogP contribution >= 0.6 is 22.9 Å². The molecule has 0 radical (unpaired) electrons. The van der Waals surface area contributed by atoms with Gasteiger partial charge in [-0.15, -0.1) is 11.3 Å². The molecule has 0 saturated carbocycles. The number of halogens is 5. The van der Waals surface area contributed by atoms with Crippen LogP contribution in [-0.2, 0) is 17.4 Å². The first-order chi connectivity index (χ1) is 14.6. The third kappa shape index (κ3) is 6.40. The average molecular weight is 473 g/mol. The van der Waals surface area contributed by atoms with E-state index >= 15 is 0 Å². The number of amides is 3. The number of anilines is 3. The van der Waals surface area contributed by atoms with Crippen LogP contribution in [0.25, 0.3) is 0 Å². The van der Waals surface area contributed by atoms with Crippen LogP contribution in [0.4, 0.5) is 38.9 Å². The molecule has 0 aliphatic heterocycles. The standard InChI is InChI=1S/C19H13ClF4N4O2S/c20-10-2-1-3-11(6-10)26-17(30)28-18-27-13(9-31-18)8-16(29)25-12-4-5-15(21)14(7-12)19(22,23)24/h1-7,9H,8H2,(H,25,29)(H2,26,27,28,30). The first-order valence-corrected chi connectivity index (χ1v) is 9.80. The number of hydrogen-bond donors (Lipinski definition) is 3. The lowest BCUT2D eigenvalue weighted by Crippen LogP contribution is -2.19.